The van der Waals surface area contributed by atoms with Crippen LogP contribution in [0.15, 0.2) is 60.8 Å². The van der Waals surface area contributed by atoms with E-state index in [9.17, 15) is 9.59 Å². The first kappa shape index (κ1) is 21.6. The number of pyridine rings is 1. The predicted molar refractivity (Wildman–Crippen MR) is 130 cm³/mol. The van der Waals surface area contributed by atoms with Crippen molar-refractivity contribution in [2.45, 2.75) is 19.8 Å². The van der Waals surface area contributed by atoms with Crippen LogP contribution in [0.4, 0.5) is 11.4 Å². The normalized spacial score (nSPS) is 14.3. The topological polar surface area (TPSA) is 119 Å². The fourth-order valence-electron chi connectivity index (χ4n) is 4.41. The summed E-state index contributed by atoms with van der Waals surface area (Å²) in [5, 5.41) is 12.2. The quantitative estimate of drug-likeness (QED) is 0.477. The Balaban J connectivity index is 1.30. The number of rotatable bonds is 5. The van der Waals surface area contributed by atoms with E-state index in [1.807, 2.05) is 61.5 Å². The third kappa shape index (κ3) is 4.07. The lowest BCUT2D eigenvalue weighted by molar-refractivity contribution is -0.122. The number of hydrogen-bond donors (Lipinski definition) is 2. The monoisotopic (exact) mass is 455 g/mol. The Morgan fingerprint density at radius 1 is 1.03 bits per heavy atom. The number of fused-ring (bicyclic) bond motifs is 1. The average Bonchev–Trinajstić information content (AvgIpc) is 3.25. The lowest BCUT2D eigenvalue weighted by Crippen LogP contribution is -2.38. The van der Waals surface area contributed by atoms with E-state index in [1.165, 1.54) is 0 Å². The maximum Gasteiger partial charge on any atom is 0.278 e. The van der Waals surface area contributed by atoms with E-state index in [0.29, 0.717) is 11.4 Å². The number of hydrogen-bond acceptors (Lipinski definition) is 6. The number of nitrogens with two attached hydrogens (primary N) is 1. The number of carbonyl (C=O) groups excluding carboxylic acids is 2. The van der Waals surface area contributed by atoms with Crippen LogP contribution >= 0.6 is 0 Å². The van der Waals surface area contributed by atoms with Gasteiger partial charge in [-0.3, -0.25) is 14.6 Å². The maximum atomic E-state index is 12.9. The van der Waals surface area contributed by atoms with Crippen molar-refractivity contribution < 1.29 is 9.59 Å². The van der Waals surface area contributed by atoms with E-state index in [2.05, 4.69) is 25.5 Å². The van der Waals surface area contributed by atoms with Crippen LogP contribution in [-0.4, -0.2) is 44.9 Å². The van der Waals surface area contributed by atoms with Crippen molar-refractivity contribution in [3.05, 3.63) is 72.2 Å². The van der Waals surface area contributed by atoms with E-state index in [1.54, 1.807) is 10.9 Å². The molecule has 5 rings (SSSR count). The van der Waals surface area contributed by atoms with Crippen LogP contribution in [0.3, 0.4) is 0 Å². The van der Waals surface area contributed by atoms with E-state index in [-0.39, 0.29) is 23.4 Å². The van der Waals surface area contributed by atoms with E-state index < -0.39 is 0 Å². The Morgan fingerprint density at radius 3 is 2.53 bits per heavy atom. The fraction of sp³-hybridized carbons (Fsp3) is 0.240. The van der Waals surface area contributed by atoms with Gasteiger partial charge in [-0.25, -0.2) is 4.68 Å². The van der Waals surface area contributed by atoms with Gasteiger partial charge in [0.25, 0.3) is 5.91 Å². The molecule has 9 heteroatoms. The molecule has 9 nitrogen and oxygen atoms in total. The van der Waals surface area contributed by atoms with E-state index in [0.717, 1.165) is 48.2 Å². The molecule has 2 aromatic carbocycles. The lowest BCUT2D eigenvalue weighted by Gasteiger charge is -2.32. The van der Waals surface area contributed by atoms with Crippen LogP contribution < -0.4 is 16.0 Å². The number of amides is 2. The van der Waals surface area contributed by atoms with Crippen molar-refractivity contribution in [1.82, 2.24) is 20.0 Å². The molecule has 2 aromatic heterocycles. The second-order valence-corrected chi connectivity index (χ2v) is 8.45. The number of anilines is 2. The minimum atomic E-state index is -0.322. The molecule has 0 bridgehead atoms. The van der Waals surface area contributed by atoms with Gasteiger partial charge in [-0.05, 0) is 68.3 Å². The SMILES string of the molecule is Cc1c(C(=O)Nc2ccc(N3CCC(C(N)=O)CC3)cc2)nnn1-c1cccc2ncccc12. The van der Waals surface area contributed by atoms with Gasteiger partial charge in [0.1, 0.15) is 0 Å². The van der Waals surface area contributed by atoms with Gasteiger partial charge in [0, 0.05) is 42.0 Å². The first-order valence-electron chi connectivity index (χ1n) is 11.2. The number of aromatic nitrogens is 4. The molecule has 0 aliphatic carbocycles. The van der Waals surface area contributed by atoms with Gasteiger partial charge in [0.05, 0.1) is 16.9 Å². The molecule has 1 fully saturated rings. The summed E-state index contributed by atoms with van der Waals surface area (Å²) in [4.78, 5) is 30.9. The molecule has 0 atom stereocenters. The molecule has 172 valence electrons. The highest BCUT2D eigenvalue weighted by Crippen LogP contribution is 2.25. The van der Waals surface area contributed by atoms with Gasteiger partial charge in [-0.1, -0.05) is 11.3 Å². The molecular formula is C25H25N7O2. The molecular weight excluding hydrogens is 430 g/mol. The average molecular weight is 456 g/mol. The highest BCUT2D eigenvalue weighted by Gasteiger charge is 2.23. The number of primary amides is 1. The molecule has 3 heterocycles. The number of nitrogens with one attached hydrogen (secondary N) is 1. The van der Waals surface area contributed by atoms with Crippen LogP contribution in [0.25, 0.3) is 16.6 Å². The molecule has 2 amide bonds. The highest BCUT2D eigenvalue weighted by atomic mass is 16.2. The molecule has 4 aromatic rings. The van der Waals surface area contributed by atoms with Crippen LogP contribution in [0.5, 0.6) is 0 Å². The van der Waals surface area contributed by atoms with Crippen molar-refractivity contribution in [2.24, 2.45) is 11.7 Å². The minimum Gasteiger partial charge on any atom is -0.371 e. The van der Waals surface area contributed by atoms with Gasteiger partial charge in [0.15, 0.2) is 5.69 Å². The second kappa shape index (κ2) is 8.93. The number of piperidine rings is 1. The largest absolute Gasteiger partial charge is 0.371 e. The van der Waals surface area contributed by atoms with Crippen molar-refractivity contribution >= 4 is 34.1 Å². The summed E-state index contributed by atoms with van der Waals surface area (Å²) >= 11 is 0. The number of benzene rings is 2. The van der Waals surface area contributed by atoms with Crippen molar-refractivity contribution in [3.63, 3.8) is 0 Å². The maximum absolute atomic E-state index is 12.9. The van der Waals surface area contributed by atoms with Crippen LogP contribution in [0.1, 0.15) is 29.0 Å². The van der Waals surface area contributed by atoms with Crippen LogP contribution in [0.2, 0.25) is 0 Å². The molecule has 1 aliphatic heterocycles. The first-order valence-corrected chi connectivity index (χ1v) is 11.2. The standard InChI is InChI=1S/C25H25N7O2/c1-16-23(29-30-32(16)22-6-2-5-21-20(22)4-3-13-27-21)25(34)28-18-7-9-19(10-8-18)31-14-11-17(12-15-31)24(26)33/h2-10,13,17H,11-12,14-15H2,1H3,(H2,26,33)(H,28,34). The Bertz CT molecular complexity index is 1350. The van der Waals surface area contributed by atoms with Gasteiger partial charge in [0.2, 0.25) is 5.91 Å². The zero-order chi connectivity index (χ0) is 23.7. The molecule has 0 unspecified atom stereocenters. The van der Waals surface area contributed by atoms with Gasteiger partial charge >= 0.3 is 0 Å². The second-order valence-electron chi connectivity index (χ2n) is 8.45. The van der Waals surface area contributed by atoms with Gasteiger partial charge in [-0.15, -0.1) is 5.10 Å². The Hall–Kier alpha value is -4.27. The first-order chi connectivity index (χ1) is 16.5. The minimum absolute atomic E-state index is 0.0448. The van der Waals surface area contributed by atoms with Crippen molar-refractivity contribution in [1.29, 1.82) is 0 Å². The fourth-order valence-corrected chi connectivity index (χ4v) is 4.41. The summed E-state index contributed by atoms with van der Waals surface area (Å²) in [5.74, 6) is -0.587. The summed E-state index contributed by atoms with van der Waals surface area (Å²) in [5.41, 5.74) is 9.71. The summed E-state index contributed by atoms with van der Waals surface area (Å²) in [6.45, 7) is 3.39. The van der Waals surface area contributed by atoms with E-state index in [4.69, 9.17) is 5.73 Å². The summed E-state index contributed by atoms with van der Waals surface area (Å²) in [6, 6.07) is 17.3. The summed E-state index contributed by atoms with van der Waals surface area (Å²) < 4.78 is 1.66. The van der Waals surface area contributed by atoms with Crippen LogP contribution in [-0.2, 0) is 4.79 Å². The molecule has 34 heavy (non-hydrogen) atoms. The van der Waals surface area contributed by atoms with E-state index >= 15 is 0 Å². The summed E-state index contributed by atoms with van der Waals surface area (Å²) in [6.07, 6.45) is 3.26. The Labute approximate surface area is 196 Å². The van der Waals surface area contributed by atoms with Gasteiger partial charge < -0.3 is 16.0 Å². The zero-order valence-corrected chi connectivity index (χ0v) is 18.8. The Morgan fingerprint density at radius 2 is 1.79 bits per heavy atom. The summed E-state index contributed by atoms with van der Waals surface area (Å²) in [7, 11) is 0. The predicted octanol–water partition coefficient (Wildman–Crippen LogP) is 3.08. The van der Waals surface area contributed by atoms with Gasteiger partial charge in [-0.2, -0.15) is 0 Å². The number of nitrogens with zero attached hydrogens (tertiary/aromatic N) is 5. The highest BCUT2D eigenvalue weighted by molar-refractivity contribution is 6.03. The Kier molecular flexibility index (Phi) is 5.67. The molecule has 3 N–H and O–H groups in total. The molecule has 0 spiro atoms. The molecule has 1 saturated heterocycles. The zero-order valence-electron chi connectivity index (χ0n) is 18.8. The molecule has 1 aliphatic rings. The molecule has 0 radical (unpaired) electrons. The smallest absolute Gasteiger partial charge is 0.278 e. The third-order valence-electron chi connectivity index (χ3n) is 6.35. The third-order valence-corrected chi connectivity index (χ3v) is 6.35. The molecule has 0 saturated carbocycles. The lowest BCUT2D eigenvalue weighted by atomic mass is 9.96. The van der Waals surface area contributed by atoms with Crippen molar-refractivity contribution in [3.8, 4) is 5.69 Å². The van der Waals surface area contributed by atoms with Crippen LogP contribution in [0, 0.1) is 12.8 Å². The van der Waals surface area contributed by atoms with Crippen molar-refractivity contribution in [2.75, 3.05) is 23.3 Å². The number of carbonyl (C=O) groups is 2.